The van der Waals surface area contributed by atoms with Gasteiger partial charge in [0.15, 0.2) is 0 Å². The molecule has 1 heterocycles. The molecule has 1 aliphatic rings. The molecular formula is C12H22N2O3. The summed E-state index contributed by atoms with van der Waals surface area (Å²) in [4.78, 5) is 24.7. The summed E-state index contributed by atoms with van der Waals surface area (Å²) in [6.07, 6.45) is 1.92. The second-order valence-corrected chi connectivity index (χ2v) is 4.75. The summed E-state index contributed by atoms with van der Waals surface area (Å²) in [5.41, 5.74) is 0. The summed E-state index contributed by atoms with van der Waals surface area (Å²) in [6, 6.07) is 0. The minimum Gasteiger partial charge on any atom is -0.393 e. The van der Waals surface area contributed by atoms with Crippen molar-refractivity contribution in [2.45, 2.75) is 38.7 Å². The second kappa shape index (κ2) is 6.59. The number of hydrogen-bond acceptors (Lipinski definition) is 3. The number of carbonyl (C=O) groups excluding carboxylic acids is 2. The number of amides is 2. The Labute approximate surface area is 102 Å². The molecule has 0 aromatic carbocycles. The molecule has 1 fully saturated rings. The van der Waals surface area contributed by atoms with Gasteiger partial charge in [-0.25, -0.2) is 0 Å². The van der Waals surface area contributed by atoms with Crippen molar-refractivity contribution in [2.75, 3.05) is 20.1 Å². The first kappa shape index (κ1) is 14.0. The van der Waals surface area contributed by atoms with E-state index in [0.29, 0.717) is 25.4 Å². The van der Waals surface area contributed by atoms with Crippen LogP contribution < -0.4 is 5.32 Å². The maximum absolute atomic E-state index is 11.7. The van der Waals surface area contributed by atoms with Crippen LogP contribution in [0.25, 0.3) is 0 Å². The van der Waals surface area contributed by atoms with E-state index in [-0.39, 0.29) is 18.2 Å². The Hall–Kier alpha value is -1.10. The predicted octanol–water partition coefficient (Wildman–Crippen LogP) is 0.132. The van der Waals surface area contributed by atoms with E-state index in [0.717, 1.165) is 12.8 Å². The van der Waals surface area contributed by atoms with Crippen molar-refractivity contribution in [1.29, 1.82) is 0 Å². The fourth-order valence-electron chi connectivity index (χ4n) is 2.13. The van der Waals surface area contributed by atoms with Gasteiger partial charge in [-0.3, -0.25) is 9.59 Å². The highest BCUT2D eigenvalue weighted by Gasteiger charge is 2.24. The molecule has 0 saturated carbocycles. The fourth-order valence-corrected chi connectivity index (χ4v) is 2.13. The predicted molar refractivity (Wildman–Crippen MR) is 64.3 cm³/mol. The van der Waals surface area contributed by atoms with Gasteiger partial charge in [-0.2, -0.15) is 0 Å². The monoisotopic (exact) mass is 242 g/mol. The first-order chi connectivity index (χ1) is 8.02. The molecule has 0 spiro atoms. The second-order valence-electron chi connectivity index (χ2n) is 4.75. The Morgan fingerprint density at radius 2 is 2.00 bits per heavy atom. The molecule has 5 nitrogen and oxygen atoms in total. The molecule has 17 heavy (non-hydrogen) atoms. The van der Waals surface area contributed by atoms with Gasteiger partial charge in [0.05, 0.1) is 12.5 Å². The zero-order valence-electron chi connectivity index (χ0n) is 10.6. The molecule has 5 heteroatoms. The SMILES string of the molecule is CNC(=O)CC1CCN(C(=O)CC(C)O)CC1. The number of nitrogens with zero attached hydrogens (tertiary/aromatic N) is 1. The van der Waals surface area contributed by atoms with Crippen molar-refractivity contribution < 1.29 is 14.7 Å². The van der Waals surface area contributed by atoms with Crippen molar-refractivity contribution in [1.82, 2.24) is 10.2 Å². The van der Waals surface area contributed by atoms with Crippen LogP contribution in [0.15, 0.2) is 0 Å². The molecule has 0 bridgehead atoms. The Balaban J connectivity index is 2.30. The topological polar surface area (TPSA) is 69.6 Å². The van der Waals surface area contributed by atoms with Gasteiger partial charge in [-0.1, -0.05) is 0 Å². The van der Waals surface area contributed by atoms with Crippen molar-refractivity contribution >= 4 is 11.8 Å². The van der Waals surface area contributed by atoms with E-state index in [1.54, 1.807) is 18.9 Å². The molecule has 1 atom stereocenters. The van der Waals surface area contributed by atoms with Crippen LogP contribution in [0.5, 0.6) is 0 Å². The van der Waals surface area contributed by atoms with Gasteiger partial charge in [0.2, 0.25) is 11.8 Å². The summed E-state index contributed by atoms with van der Waals surface area (Å²) in [5.74, 6) is 0.461. The Kier molecular flexibility index (Phi) is 5.41. The fraction of sp³-hybridized carbons (Fsp3) is 0.833. The average Bonchev–Trinajstić information content (AvgIpc) is 2.28. The Bertz CT molecular complexity index is 271. The largest absolute Gasteiger partial charge is 0.393 e. The lowest BCUT2D eigenvalue weighted by Crippen LogP contribution is -2.40. The van der Waals surface area contributed by atoms with Crippen molar-refractivity contribution in [3.8, 4) is 0 Å². The highest BCUT2D eigenvalue weighted by molar-refractivity contribution is 5.77. The van der Waals surface area contributed by atoms with Gasteiger partial charge in [-0.05, 0) is 25.7 Å². The van der Waals surface area contributed by atoms with Crippen molar-refractivity contribution in [2.24, 2.45) is 5.92 Å². The van der Waals surface area contributed by atoms with Gasteiger partial charge in [-0.15, -0.1) is 0 Å². The maximum atomic E-state index is 11.7. The van der Waals surface area contributed by atoms with Crippen LogP contribution in [-0.2, 0) is 9.59 Å². The minimum absolute atomic E-state index is 0.0124. The Morgan fingerprint density at radius 3 is 2.47 bits per heavy atom. The number of likely N-dealkylation sites (tertiary alicyclic amines) is 1. The molecule has 98 valence electrons. The number of aliphatic hydroxyl groups excluding tert-OH is 1. The smallest absolute Gasteiger partial charge is 0.225 e. The molecule has 1 unspecified atom stereocenters. The molecular weight excluding hydrogens is 220 g/mol. The molecule has 0 aromatic heterocycles. The van der Waals surface area contributed by atoms with Crippen molar-refractivity contribution in [3.63, 3.8) is 0 Å². The number of aliphatic hydroxyl groups is 1. The zero-order valence-corrected chi connectivity index (χ0v) is 10.6. The minimum atomic E-state index is -0.578. The first-order valence-electron chi connectivity index (χ1n) is 6.19. The van der Waals surface area contributed by atoms with E-state index in [4.69, 9.17) is 5.11 Å². The maximum Gasteiger partial charge on any atom is 0.225 e. The van der Waals surface area contributed by atoms with E-state index >= 15 is 0 Å². The number of hydrogen-bond donors (Lipinski definition) is 2. The average molecular weight is 242 g/mol. The first-order valence-corrected chi connectivity index (χ1v) is 6.19. The van der Waals surface area contributed by atoms with Crippen LogP contribution >= 0.6 is 0 Å². The van der Waals surface area contributed by atoms with E-state index in [1.165, 1.54) is 0 Å². The van der Waals surface area contributed by atoms with Crippen molar-refractivity contribution in [3.05, 3.63) is 0 Å². The highest BCUT2D eigenvalue weighted by Crippen LogP contribution is 2.21. The lowest BCUT2D eigenvalue weighted by atomic mass is 9.93. The van der Waals surface area contributed by atoms with Gasteiger partial charge in [0.25, 0.3) is 0 Å². The molecule has 1 saturated heterocycles. The van der Waals surface area contributed by atoms with Crippen LogP contribution in [0.2, 0.25) is 0 Å². The molecule has 2 N–H and O–H groups in total. The van der Waals surface area contributed by atoms with E-state index in [1.807, 2.05) is 0 Å². The third kappa shape index (κ3) is 4.73. The molecule has 1 rings (SSSR count). The Morgan fingerprint density at radius 1 is 1.41 bits per heavy atom. The highest BCUT2D eigenvalue weighted by atomic mass is 16.3. The normalized spacial score (nSPS) is 18.9. The van der Waals surface area contributed by atoms with E-state index < -0.39 is 6.10 Å². The van der Waals surface area contributed by atoms with Gasteiger partial charge in [0, 0.05) is 26.6 Å². The molecule has 0 radical (unpaired) electrons. The summed E-state index contributed by atoms with van der Waals surface area (Å²) >= 11 is 0. The van der Waals surface area contributed by atoms with Crippen LogP contribution in [0.4, 0.5) is 0 Å². The molecule has 2 amide bonds. The quantitative estimate of drug-likeness (QED) is 0.736. The van der Waals surface area contributed by atoms with Gasteiger partial charge >= 0.3 is 0 Å². The third-order valence-electron chi connectivity index (χ3n) is 3.19. The number of rotatable bonds is 4. The van der Waals surface area contributed by atoms with Crippen LogP contribution in [0, 0.1) is 5.92 Å². The lowest BCUT2D eigenvalue weighted by molar-refractivity contribution is -0.134. The lowest BCUT2D eigenvalue weighted by Gasteiger charge is -2.32. The van der Waals surface area contributed by atoms with Gasteiger partial charge < -0.3 is 15.3 Å². The van der Waals surface area contributed by atoms with E-state index in [9.17, 15) is 9.59 Å². The molecule has 0 aromatic rings. The molecule has 0 aliphatic carbocycles. The summed E-state index contributed by atoms with van der Waals surface area (Å²) < 4.78 is 0. The number of carbonyl (C=O) groups is 2. The third-order valence-corrected chi connectivity index (χ3v) is 3.19. The standard InChI is InChI=1S/C12H22N2O3/c1-9(15)7-12(17)14-5-3-10(4-6-14)8-11(16)13-2/h9-10,15H,3-8H2,1-2H3,(H,13,16). The summed E-state index contributed by atoms with van der Waals surface area (Å²) in [7, 11) is 1.64. The summed E-state index contributed by atoms with van der Waals surface area (Å²) in [5, 5.41) is 11.8. The number of piperidine rings is 1. The van der Waals surface area contributed by atoms with Gasteiger partial charge in [0.1, 0.15) is 0 Å². The zero-order chi connectivity index (χ0) is 12.8. The van der Waals surface area contributed by atoms with Crippen LogP contribution in [0.1, 0.15) is 32.6 Å². The van der Waals surface area contributed by atoms with Crippen LogP contribution in [0.3, 0.4) is 0 Å². The number of nitrogens with one attached hydrogen (secondary N) is 1. The molecule has 1 aliphatic heterocycles. The van der Waals surface area contributed by atoms with E-state index in [2.05, 4.69) is 5.32 Å². The summed E-state index contributed by atoms with van der Waals surface area (Å²) in [6.45, 7) is 3.02. The van der Waals surface area contributed by atoms with Crippen LogP contribution in [-0.4, -0.2) is 48.1 Å².